The SMILES string of the molecule is CC(N)CN.OCCOCCO. The number of hydrogen-bond donors (Lipinski definition) is 4. The summed E-state index contributed by atoms with van der Waals surface area (Å²) < 4.78 is 4.63. The number of aliphatic hydroxyl groups is 2. The fourth-order valence-corrected chi connectivity index (χ4v) is 0.231. The highest BCUT2D eigenvalue weighted by Gasteiger charge is 1.80. The number of rotatable bonds is 5. The Morgan fingerprint density at radius 2 is 1.58 bits per heavy atom. The Morgan fingerprint density at radius 3 is 1.75 bits per heavy atom. The van der Waals surface area contributed by atoms with Gasteiger partial charge < -0.3 is 26.4 Å². The van der Waals surface area contributed by atoms with Gasteiger partial charge in [-0.2, -0.15) is 0 Å². The molecule has 5 heteroatoms. The van der Waals surface area contributed by atoms with Gasteiger partial charge in [-0.3, -0.25) is 0 Å². The van der Waals surface area contributed by atoms with Gasteiger partial charge in [-0.1, -0.05) is 0 Å². The third-order valence-corrected chi connectivity index (χ3v) is 0.843. The summed E-state index contributed by atoms with van der Waals surface area (Å²) in [6.07, 6.45) is 0. The highest BCUT2D eigenvalue weighted by molar-refractivity contribution is 4.48. The van der Waals surface area contributed by atoms with Crippen LogP contribution in [0.4, 0.5) is 0 Å². The van der Waals surface area contributed by atoms with Crippen molar-refractivity contribution in [1.82, 2.24) is 0 Å². The van der Waals surface area contributed by atoms with E-state index in [0.717, 1.165) is 0 Å². The van der Waals surface area contributed by atoms with E-state index in [1.807, 2.05) is 6.92 Å². The van der Waals surface area contributed by atoms with Crippen LogP contribution < -0.4 is 11.5 Å². The van der Waals surface area contributed by atoms with Gasteiger partial charge in [-0.25, -0.2) is 0 Å². The predicted octanol–water partition coefficient (Wildman–Crippen LogP) is -1.72. The first-order chi connectivity index (χ1) is 5.68. The van der Waals surface area contributed by atoms with Crippen molar-refractivity contribution in [3.63, 3.8) is 0 Å². The molecule has 0 spiro atoms. The summed E-state index contributed by atoms with van der Waals surface area (Å²) in [4.78, 5) is 0. The van der Waals surface area contributed by atoms with Crippen LogP contribution in [0.15, 0.2) is 0 Å². The van der Waals surface area contributed by atoms with Crippen LogP contribution in [0.1, 0.15) is 6.92 Å². The van der Waals surface area contributed by atoms with E-state index in [9.17, 15) is 0 Å². The largest absolute Gasteiger partial charge is 0.394 e. The quantitative estimate of drug-likeness (QED) is 0.377. The summed E-state index contributed by atoms with van der Waals surface area (Å²) in [5, 5.41) is 16.2. The van der Waals surface area contributed by atoms with Crippen molar-refractivity contribution in [2.75, 3.05) is 33.0 Å². The second-order valence-electron chi connectivity index (χ2n) is 2.27. The van der Waals surface area contributed by atoms with Gasteiger partial charge in [-0.15, -0.1) is 0 Å². The molecule has 0 fully saturated rings. The Balaban J connectivity index is 0. The summed E-state index contributed by atoms with van der Waals surface area (Å²) in [5.41, 5.74) is 10.2. The molecule has 0 heterocycles. The Kier molecular flexibility index (Phi) is 16.0. The molecule has 0 saturated heterocycles. The van der Waals surface area contributed by atoms with E-state index >= 15 is 0 Å². The highest BCUT2D eigenvalue weighted by atomic mass is 16.5. The summed E-state index contributed by atoms with van der Waals surface area (Å²) >= 11 is 0. The van der Waals surface area contributed by atoms with Crippen molar-refractivity contribution in [3.8, 4) is 0 Å². The Morgan fingerprint density at radius 1 is 1.25 bits per heavy atom. The first-order valence-corrected chi connectivity index (χ1v) is 3.94. The van der Waals surface area contributed by atoms with E-state index in [0.29, 0.717) is 19.8 Å². The minimum absolute atomic E-state index is 0.0278. The van der Waals surface area contributed by atoms with Gasteiger partial charge in [0, 0.05) is 12.6 Å². The lowest BCUT2D eigenvalue weighted by molar-refractivity contribution is 0.0650. The summed E-state index contributed by atoms with van der Waals surface area (Å²) in [5.74, 6) is 0. The van der Waals surface area contributed by atoms with E-state index < -0.39 is 0 Å². The molecule has 0 aliphatic rings. The van der Waals surface area contributed by atoms with E-state index in [1.54, 1.807) is 0 Å². The zero-order valence-electron chi connectivity index (χ0n) is 7.57. The average molecular weight is 180 g/mol. The van der Waals surface area contributed by atoms with Crippen LogP contribution >= 0.6 is 0 Å². The van der Waals surface area contributed by atoms with Crippen LogP contribution in [0.5, 0.6) is 0 Å². The van der Waals surface area contributed by atoms with Crippen molar-refractivity contribution < 1.29 is 14.9 Å². The monoisotopic (exact) mass is 180 g/mol. The van der Waals surface area contributed by atoms with Gasteiger partial charge in [0.25, 0.3) is 0 Å². The van der Waals surface area contributed by atoms with Crippen LogP contribution in [0.25, 0.3) is 0 Å². The molecule has 76 valence electrons. The van der Waals surface area contributed by atoms with Gasteiger partial charge in [0.15, 0.2) is 0 Å². The fraction of sp³-hybridized carbons (Fsp3) is 1.00. The molecule has 6 N–H and O–H groups in total. The number of aliphatic hydroxyl groups excluding tert-OH is 2. The van der Waals surface area contributed by atoms with Crippen molar-refractivity contribution in [1.29, 1.82) is 0 Å². The maximum atomic E-state index is 8.09. The minimum atomic E-state index is 0.0278. The van der Waals surface area contributed by atoms with Crippen LogP contribution in [-0.2, 0) is 4.74 Å². The van der Waals surface area contributed by atoms with Crippen LogP contribution in [0.2, 0.25) is 0 Å². The second kappa shape index (κ2) is 13.4. The zero-order valence-corrected chi connectivity index (χ0v) is 7.57. The standard InChI is InChI=1S/C4H10O3.C3H10N2/c5-1-3-7-4-2-6;1-3(5)2-4/h5-6H,1-4H2;3H,2,4-5H2,1H3. The first-order valence-electron chi connectivity index (χ1n) is 3.94. The zero-order chi connectivity index (χ0) is 9.82. The minimum Gasteiger partial charge on any atom is -0.394 e. The Bertz CT molecular complexity index is 67.7. The number of nitrogens with two attached hydrogens (primary N) is 2. The lowest BCUT2D eigenvalue weighted by atomic mass is 10.4. The lowest BCUT2D eigenvalue weighted by Gasteiger charge is -1.94. The van der Waals surface area contributed by atoms with E-state index in [-0.39, 0.29) is 19.3 Å². The van der Waals surface area contributed by atoms with Gasteiger partial charge in [-0.05, 0) is 6.92 Å². The fourth-order valence-electron chi connectivity index (χ4n) is 0.231. The molecule has 0 saturated carbocycles. The average Bonchev–Trinajstić information content (AvgIpc) is 2.07. The molecule has 12 heavy (non-hydrogen) atoms. The molecule has 0 aliphatic heterocycles. The van der Waals surface area contributed by atoms with Crippen LogP contribution in [-0.4, -0.2) is 49.2 Å². The van der Waals surface area contributed by atoms with Gasteiger partial charge in [0.05, 0.1) is 26.4 Å². The molecule has 0 bridgehead atoms. The molecule has 0 rings (SSSR count). The number of ether oxygens (including phenoxy) is 1. The molecule has 0 aliphatic carbocycles. The second-order valence-corrected chi connectivity index (χ2v) is 2.27. The van der Waals surface area contributed by atoms with E-state index in [1.165, 1.54) is 0 Å². The third-order valence-electron chi connectivity index (χ3n) is 0.843. The first kappa shape index (κ1) is 14.3. The van der Waals surface area contributed by atoms with Crippen LogP contribution in [0.3, 0.4) is 0 Å². The summed E-state index contributed by atoms with van der Waals surface area (Å²) in [6.45, 7) is 3.15. The molecule has 5 nitrogen and oxygen atoms in total. The predicted molar refractivity (Wildman–Crippen MR) is 47.7 cm³/mol. The molecule has 0 aromatic rings. The molecule has 0 aromatic carbocycles. The van der Waals surface area contributed by atoms with E-state index in [2.05, 4.69) is 4.74 Å². The Labute approximate surface area is 73.3 Å². The molecule has 0 amide bonds. The van der Waals surface area contributed by atoms with Gasteiger partial charge >= 0.3 is 0 Å². The highest BCUT2D eigenvalue weighted by Crippen LogP contribution is 1.68. The summed E-state index contributed by atoms with van der Waals surface area (Å²) in [7, 11) is 0. The number of hydrogen-bond acceptors (Lipinski definition) is 5. The molecule has 1 atom stereocenters. The molecule has 0 aromatic heterocycles. The van der Waals surface area contributed by atoms with Crippen molar-refractivity contribution in [2.45, 2.75) is 13.0 Å². The van der Waals surface area contributed by atoms with Gasteiger partial charge in [0.1, 0.15) is 0 Å². The van der Waals surface area contributed by atoms with E-state index in [4.69, 9.17) is 21.7 Å². The topological polar surface area (TPSA) is 102 Å². The maximum absolute atomic E-state index is 8.09. The third kappa shape index (κ3) is 22.6. The van der Waals surface area contributed by atoms with Crippen molar-refractivity contribution in [2.24, 2.45) is 11.5 Å². The molecule has 1 unspecified atom stereocenters. The summed E-state index contributed by atoms with van der Waals surface area (Å²) in [6, 6.07) is 0.162. The Hall–Kier alpha value is -0.200. The molecular weight excluding hydrogens is 160 g/mol. The van der Waals surface area contributed by atoms with Gasteiger partial charge in [0.2, 0.25) is 0 Å². The molecule has 0 radical (unpaired) electrons. The smallest absolute Gasteiger partial charge is 0.0698 e. The van der Waals surface area contributed by atoms with Crippen LogP contribution in [0, 0.1) is 0 Å². The van der Waals surface area contributed by atoms with Crippen molar-refractivity contribution in [3.05, 3.63) is 0 Å². The van der Waals surface area contributed by atoms with Crippen molar-refractivity contribution >= 4 is 0 Å². The lowest BCUT2D eigenvalue weighted by Crippen LogP contribution is -2.25. The normalized spacial score (nSPS) is 11.8. The molecular formula is C7H20N2O3. The maximum Gasteiger partial charge on any atom is 0.0698 e.